The second kappa shape index (κ2) is 7.11. The number of aromatic nitrogens is 1. The molecule has 23 heavy (non-hydrogen) atoms. The first-order valence-electron chi connectivity index (χ1n) is 7.57. The number of phenols is 1. The Morgan fingerprint density at radius 1 is 1.17 bits per heavy atom. The van der Waals surface area contributed by atoms with E-state index < -0.39 is 0 Å². The quantitative estimate of drug-likeness (QED) is 0.900. The molecule has 6 nitrogen and oxygen atoms in total. The van der Waals surface area contributed by atoms with Gasteiger partial charge in [0.25, 0.3) is 0 Å². The SMILES string of the molecule is O=C(Cc1ccc(O)cc1)Nc1ccc(N2CCOCC2)nc1. The van der Waals surface area contributed by atoms with E-state index in [-0.39, 0.29) is 18.1 Å². The highest BCUT2D eigenvalue weighted by Gasteiger charge is 2.12. The normalized spacial score (nSPS) is 14.5. The van der Waals surface area contributed by atoms with E-state index in [4.69, 9.17) is 4.74 Å². The molecule has 2 aromatic rings. The van der Waals surface area contributed by atoms with Crippen LogP contribution in [0.1, 0.15) is 5.56 Å². The second-order valence-corrected chi connectivity index (χ2v) is 5.40. The predicted octanol–water partition coefficient (Wildman–Crippen LogP) is 1.80. The number of ether oxygens (including phenoxy) is 1. The summed E-state index contributed by atoms with van der Waals surface area (Å²) in [5, 5.41) is 12.1. The lowest BCUT2D eigenvalue weighted by atomic mass is 10.1. The summed E-state index contributed by atoms with van der Waals surface area (Å²) in [6.07, 6.45) is 1.92. The van der Waals surface area contributed by atoms with Crippen LogP contribution in [0.15, 0.2) is 42.6 Å². The third kappa shape index (κ3) is 4.20. The van der Waals surface area contributed by atoms with Crippen molar-refractivity contribution in [2.24, 2.45) is 0 Å². The molecule has 0 radical (unpaired) electrons. The van der Waals surface area contributed by atoms with Gasteiger partial charge in [-0.05, 0) is 29.8 Å². The summed E-state index contributed by atoms with van der Waals surface area (Å²) in [5.41, 5.74) is 1.52. The van der Waals surface area contributed by atoms with Crippen LogP contribution in [0.5, 0.6) is 5.75 Å². The van der Waals surface area contributed by atoms with Gasteiger partial charge in [-0.1, -0.05) is 12.1 Å². The number of benzene rings is 1. The standard InChI is InChI=1S/C17H19N3O3/c21-15-4-1-13(2-5-15)11-17(22)19-14-3-6-16(18-12-14)20-7-9-23-10-8-20/h1-6,12,21H,7-11H2,(H,19,22). The molecule has 6 heteroatoms. The van der Waals surface area contributed by atoms with E-state index in [0.717, 1.165) is 24.5 Å². The fourth-order valence-corrected chi connectivity index (χ4v) is 2.44. The zero-order valence-electron chi connectivity index (χ0n) is 12.7. The van der Waals surface area contributed by atoms with Crippen LogP contribution in [-0.4, -0.2) is 42.3 Å². The average Bonchev–Trinajstić information content (AvgIpc) is 2.58. The van der Waals surface area contributed by atoms with Gasteiger partial charge < -0.3 is 20.1 Å². The van der Waals surface area contributed by atoms with Crippen molar-refractivity contribution in [3.05, 3.63) is 48.2 Å². The molecular formula is C17H19N3O3. The van der Waals surface area contributed by atoms with Crippen molar-refractivity contribution in [1.82, 2.24) is 4.98 Å². The lowest BCUT2D eigenvalue weighted by molar-refractivity contribution is -0.115. The van der Waals surface area contributed by atoms with E-state index in [9.17, 15) is 9.90 Å². The molecule has 0 bridgehead atoms. The van der Waals surface area contributed by atoms with Crippen molar-refractivity contribution < 1.29 is 14.6 Å². The summed E-state index contributed by atoms with van der Waals surface area (Å²) < 4.78 is 5.32. The summed E-state index contributed by atoms with van der Waals surface area (Å²) in [4.78, 5) is 18.6. The first kappa shape index (κ1) is 15.3. The number of carbonyl (C=O) groups excluding carboxylic acids is 1. The molecule has 1 fully saturated rings. The van der Waals surface area contributed by atoms with Crippen LogP contribution in [0.2, 0.25) is 0 Å². The van der Waals surface area contributed by atoms with Crippen molar-refractivity contribution >= 4 is 17.4 Å². The van der Waals surface area contributed by atoms with Gasteiger partial charge in [0.05, 0.1) is 31.5 Å². The zero-order valence-corrected chi connectivity index (χ0v) is 12.7. The zero-order chi connectivity index (χ0) is 16.1. The topological polar surface area (TPSA) is 74.7 Å². The average molecular weight is 313 g/mol. The number of morpholine rings is 1. The van der Waals surface area contributed by atoms with E-state index in [1.165, 1.54) is 0 Å². The summed E-state index contributed by atoms with van der Waals surface area (Å²) >= 11 is 0. The lowest BCUT2D eigenvalue weighted by Crippen LogP contribution is -2.36. The molecule has 120 valence electrons. The van der Waals surface area contributed by atoms with Crippen molar-refractivity contribution in [3.8, 4) is 5.75 Å². The van der Waals surface area contributed by atoms with Crippen molar-refractivity contribution in [2.45, 2.75) is 6.42 Å². The first-order chi connectivity index (χ1) is 11.2. The maximum absolute atomic E-state index is 12.0. The van der Waals surface area contributed by atoms with E-state index in [0.29, 0.717) is 18.9 Å². The molecule has 1 aliphatic rings. The number of nitrogens with one attached hydrogen (secondary N) is 1. The Balaban J connectivity index is 1.57. The van der Waals surface area contributed by atoms with Crippen molar-refractivity contribution in [2.75, 3.05) is 36.5 Å². The molecule has 2 N–H and O–H groups in total. The Labute approximate surface area is 134 Å². The highest BCUT2D eigenvalue weighted by Crippen LogP contribution is 2.16. The van der Waals surface area contributed by atoms with Crippen molar-refractivity contribution in [1.29, 1.82) is 0 Å². The Morgan fingerprint density at radius 2 is 1.91 bits per heavy atom. The lowest BCUT2D eigenvalue weighted by Gasteiger charge is -2.27. The highest BCUT2D eigenvalue weighted by atomic mass is 16.5. The third-order valence-corrected chi connectivity index (χ3v) is 3.67. The summed E-state index contributed by atoms with van der Waals surface area (Å²) in [6, 6.07) is 10.4. The van der Waals surface area contributed by atoms with Crippen LogP contribution in [-0.2, 0) is 16.0 Å². The number of anilines is 2. The highest BCUT2D eigenvalue weighted by molar-refractivity contribution is 5.92. The molecule has 1 aromatic carbocycles. The second-order valence-electron chi connectivity index (χ2n) is 5.40. The molecule has 3 rings (SSSR count). The van der Waals surface area contributed by atoms with Gasteiger partial charge in [-0.25, -0.2) is 4.98 Å². The largest absolute Gasteiger partial charge is 0.508 e. The van der Waals surface area contributed by atoms with E-state index >= 15 is 0 Å². The van der Waals surface area contributed by atoms with Crippen LogP contribution in [0.25, 0.3) is 0 Å². The number of carbonyl (C=O) groups is 1. The molecule has 1 aliphatic heterocycles. The number of hydrogen-bond donors (Lipinski definition) is 2. The Hall–Kier alpha value is -2.60. The number of amides is 1. The first-order valence-corrected chi connectivity index (χ1v) is 7.57. The molecule has 0 spiro atoms. The Bertz CT molecular complexity index is 650. The minimum atomic E-state index is -0.114. The maximum atomic E-state index is 12.0. The summed E-state index contributed by atoms with van der Waals surface area (Å²) in [5.74, 6) is 0.971. The Morgan fingerprint density at radius 3 is 2.57 bits per heavy atom. The fraction of sp³-hybridized carbons (Fsp3) is 0.294. The third-order valence-electron chi connectivity index (χ3n) is 3.67. The molecule has 0 atom stereocenters. The molecule has 2 heterocycles. The molecular weight excluding hydrogens is 294 g/mol. The maximum Gasteiger partial charge on any atom is 0.228 e. The summed E-state index contributed by atoms with van der Waals surface area (Å²) in [6.45, 7) is 3.10. The minimum Gasteiger partial charge on any atom is -0.508 e. The van der Waals surface area contributed by atoms with Crippen LogP contribution in [0, 0.1) is 0 Å². The van der Waals surface area contributed by atoms with Gasteiger partial charge in [0.15, 0.2) is 0 Å². The number of hydrogen-bond acceptors (Lipinski definition) is 5. The van der Waals surface area contributed by atoms with E-state index in [1.807, 2.05) is 12.1 Å². The number of pyridine rings is 1. The van der Waals surface area contributed by atoms with Gasteiger partial charge in [-0.3, -0.25) is 4.79 Å². The predicted molar refractivity (Wildman–Crippen MR) is 87.7 cm³/mol. The van der Waals surface area contributed by atoms with Crippen LogP contribution in [0.4, 0.5) is 11.5 Å². The van der Waals surface area contributed by atoms with E-state index in [1.54, 1.807) is 30.5 Å². The van der Waals surface area contributed by atoms with E-state index in [2.05, 4.69) is 15.2 Å². The van der Waals surface area contributed by atoms with Gasteiger partial charge in [0.1, 0.15) is 11.6 Å². The van der Waals surface area contributed by atoms with Gasteiger partial charge in [-0.2, -0.15) is 0 Å². The van der Waals surface area contributed by atoms with Crippen LogP contribution < -0.4 is 10.2 Å². The number of aromatic hydroxyl groups is 1. The minimum absolute atomic E-state index is 0.114. The smallest absolute Gasteiger partial charge is 0.228 e. The van der Waals surface area contributed by atoms with Crippen molar-refractivity contribution in [3.63, 3.8) is 0 Å². The van der Waals surface area contributed by atoms with Gasteiger partial charge in [0, 0.05) is 13.1 Å². The van der Waals surface area contributed by atoms with Gasteiger partial charge in [-0.15, -0.1) is 0 Å². The fourth-order valence-electron chi connectivity index (χ4n) is 2.44. The van der Waals surface area contributed by atoms with Crippen LogP contribution >= 0.6 is 0 Å². The number of nitrogens with zero attached hydrogens (tertiary/aromatic N) is 2. The molecule has 1 saturated heterocycles. The Kier molecular flexibility index (Phi) is 4.73. The van der Waals surface area contributed by atoms with Gasteiger partial charge in [0.2, 0.25) is 5.91 Å². The molecule has 1 amide bonds. The molecule has 1 aromatic heterocycles. The summed E-state index contributed by atoms with van der Waals surface area (Å²) in [7, 11) is 0. The number of phenolic OH excluding ortho intramolecular Hbond substituents is 1. The molecule has 0 unspecified atom stereocenters. The van der Waals surface area contributed by atoms with Crippen LogP contribution in [0.3, 0.4) is 0 Å². The van der Waals surface area contributed by atoms with Gasteiger partial charge >= 0.3 is 0 Å². The monoisotopic (exact) mass is 313 g/mol. The molecule has 0 aliphatic carbocycles. The molecule has 0 saturated carbocycles. The number of rotatable bonds is 4.